The number of hydrogen-bond acceptors (Lipinski definition) is 5. The van der Waals surface area contributed by atoms with Gasteiger partial charge < -0.3 is 9.32 Å². The highest BCUT2D eigenvalue weighted by atomic mass is 35.5. The predicted octanol–water partition coefficient (Wildman–Crippen LogP) is 4.56. The lowest BCUT2D eigenvalue weighted by atomic mass is 10.2. The van der Waals surface area contributed by atoms with Gasteiger partial charge in [-0.3, -0.25) is 4.79 Å². The molecule has 7 heteroatoms. The van der Waals surface area contributed by atoms with Crippen LogP contribution in [0.3, 0.4) is 0 Å². The molecule has 0 N–H and O–H groups in total. The molecule has 1 fully saturated rings. The number of carbonyl (C=O) groups is 1. The molecule has 4 rings (SSSR count). The Morgan fingerprint density at radius 1 is 1.28 bits per heavy atom. The minimum Gasteiger partial charge on any atom is -0.419 e. The van der Waals surface area contributed by atoms with Crippen molar-refractivity contribution < 1.29 is 9.21 Å². The van der Waals surface area contributed by atoms with Crippen LogP contribution < -0.4 is 0 Å². The fourth-order valence-electron chi connectivity index (χ4n) is 2.65. The maximum atomic E-state index is 12.8. The highest BCUT2D eigenvalue weighted by Crippen LogP contribution is 2.32. The van der Waals surface area contributed by atoms with Crippen molar-refractivity contribution in [1.82, 2.24) is 15.1 Å². The normalized spacial score (nSPS) is 13.8. The zero-order chi connectivity index (χ0) is 17.4. The Balaban J connectivity index is 1.56. The van der Waals surface area contributed by atoms with E-state index in [1.54, 1.807) is 6.07 Å². The van der Waals surface area contributed by atoms with E-state index in [1.165, 1.54) is 11.3 Å². The van der Waals surface area contributed by atoms with Crippen LogP contribution in [0.25, 0.3) is 11.5 Å². The summed E-state index contributed by atoms with van der Waals surface area (Å²) in [4.78, 5) is 16.5. The SMILES string of the molecule is Cc1ccc(C(=O)N(Cc2nnc(-c3ccccc3Cl)o2)C2CC2)s1. The zero-order valence-corrected chi connectivity index (χ0v) is 15.2. The molecule has 3 aromatic rings. The molecule has 5 nitrogen and oxygen atoms in total. The second-order valence-corrected chi connectivity index (χ2v) is 7.75. The Labute approximate surface area is 154 Å². The summed E-state index contributed by atoms with van der Waals surface area (Å²) < 4.78 is 5.75. The first-order valence-corrected chi connectivity index (χ1v) is 9.26. The number of benzene rings is 1. The van der Waals surface area contributed by atoms with Gasteiger partial charge in [-0.15, -0.1) is 21.5 Å². The molecule has 0 radical (unpaired) electrons. The quantitative estimate of drug-likeness (QED) is 0.657. The number of carbonyl (C=O) groups excluding carboxylic acids is 1. The third-order valence-corrected chi connectivity index (χ3v) is 5.39. The van der Waals surface area contributed by atoms with Gasteiger partial charge in [0.15, 0.2) is 0 Å². The van der Waals surface area contributed by atoms with Crippen LogP contribution in [0.4, 0.5) is 0 Å². The van der Waals surface area contributed by atoms with E-state index in [2.05, 4.69) is 10.2 Å². The van der Waals surface area contributed by atoms with Gasteiger partial charge in [0.1, 0.15) is 0 Å². The first kappa shape index (κ1) is 16.3. The maximum Gasteiger partial charge on any atom is 0.264 e. The Morgan fingerprint density at radius 2 is 2.08 bits per heavy atom. The topological polar surface area (TPSA) is 59.2 Å². The summed E-state index contributed by atoms with van der Waals surface area (Å²) in [5, 5.41) is 8.74. The summed E-state index contributed by atoms with van der Waals surface area (Å²) in [6.45, 7) is 2.31. The van der Waals surface area contributed by atoms with Crippen molar-refractivity contribution >= 4 is 28.8 Å². The van der Waals surface area contributed by atoms with Gasteiger partial charge in [0.2, 0.25) is 11.8 Å². The van der Waals surface area contributed by atoms with E-state index in [-0.39, 0.29) is 11.9 Å². The fourth-order valence-corrected chi connectivity index (χ4v) is 3.69. The van der Waals surface area contributed by atoms with E-state index in [9.17, 15) is 4.79 Å². The number of thiophene rings is 1. The second-order valence-electron chi connectivity index (χ2n) is 6.06. The molecule has 0 aliphatic heterocycles. The number of halogens is 1. The van der Waals surface area contributed by atoms with Gasteiger partial charge in [0.05, 0.1) is 22.0 Å². The van der Waals surface area contributed by atoms with Gasteiger partial charge >= 0.3 is 0 Å². The predicted molar refractivity (Wildman–Crippen MR) is 96.7 cm³/mol. The van der Waals surface area contributed by atoms with E-state index in [4.69, 9.17) is 16.0 Å². The summed E-state index contributed by atoms with van der Waals surface area (Å²) in [6.07, 6.45) is 2.03. The highest BCUT2D eigenvalue weighted by molar-refractivity contribution is 7.13. The molecule has 2 aromatic heterocycles. The summed E-state index contributed by atoms with van der Waals surface area (Å²) in [6, 6.07) is 11.4. The van der Waals surface area contributed by atoms with Crippen LogP contribution in [0, 0.1) is 6.92 Å². The summed E-state index contributed by atoms with van der Waals surface area (Å²) in [5.74, 6) is 0.817. The van der Waals surface area contributed by atoms with E-state index in [0.29, 0.717) is 28.9 Å². The van der Waals surface area contributed by atoms with Crippen LogP contribution in [-0.2, 0) is 6.54 Å². The molecule has 1 aliphatic rings. The highest BCUT2D eigenvalue weighted by Gasteiger charge is 2.34. The van der Waals surface area contributed by atoms with Gasteiger partial charge in [0, 0.05) is 10.9 Å². The number of aromatic nitrogens is 2. The Kier molecular flexibility index (Phi) is 4.31. The van der Waals surface area contributed by atoms with E-state index in [1.807, 2.05) is 42.2 Å². The second kappa shape index (κ2) is 6.61. The smallest absolute Gasteiger partial charge is 0.264 e. The van der Waals surface area contributed by atoms with Crippen molar-refractivity contribution in [1.29, 1.82) is 0 Å². The standard InChI is InChI=1S/C18H16ClN3O2S/c1-11-6-9-15(25-11)18(23)22(12-7-8-12)10-16-20-21-17(24-16)13-4-2-3-5-14(13)19/h2-6,9,12H,7-8,10H2,1H3. The minimum atomic E-state index is 0.0260. The lowest BCUT2D eigenvalue weighted by Crippen LogP contribution is -2.32. The molecule has 1 amide bonds. The number of rotatable bonds is 5. The minimum absolute atomic E-state index is 0.0260. The molecule has 1 aliphatic carbocycles. The van der Waals surface area contributed by atoms with Crippen LogP contribution in [0.1, 0.15) is 33.3 Å². The van der Waals surface area contributed by atoms with Crippen LogP contribution in [0.15, 0.2) is 40.8 Å². The number of hydrogen-bond donors (Lipinski definition) is 0. The Morgan fingerprint density at radius 3 is 2.76 bits per heavy atom. The van der Waals surface area contributed by atoms with Gasteiger partial charge in [-0.25, -0.2) is 0 Å². The average Bonchev–Trinajstić information content (AvgIpc) is 3.18. The van der Waals surface area contributed by atoms with Gasteiger partial charge in [-0.2, -0.15) is 0 Å². The van der Waals surface area contributed by atoms with Gasteiger partial charge in [-0.1, -0.05) is 23.7 Å². The first-order chi connectivity index (χ1) is 12.1. The van der Waals surface area contributed by atoms with Crippen molar-refractivity contribution in [3.8, 4) is 11.5 Å². The van der Waals surface area contributed by atoms with E-state index < -0.39 is 0 Å². The van der Waals surface area contributed by atoms with Crippen LogP contribution in [0.5, 0.6) is 0 Å². The van der Waals surface area contributed by atoms with E-state index in [0.717, 1.165) is 22.6 Å². The molecular weight excluding hydrogens is 358 g/mol. The van der Waals surface area contributed by atoms with Crippen molar-refractivity contribution in [3.05, 3.63) is 57.1 Å². The fraction of sp³-hybridized carbons (Fsp3) is 0.278. The van der Waals surface area contributed by atoms with E-state index >= 15 is 0 Å². The summed E-state index contributed by atoms with van der Waals surface area (Å²) in [7, 11) is 0. The molecule has 25 heavy (non-hydrogen) atoms. The first-order valence-electron chi connectivity index (χ1n) is 8.06. The molecule has 128 valence electrons. The van der Waals surface area contributed by atoms with Crippen LogP contribution >= 0.6 is 22.9 Å². The number of aryl methyl sites for hydroxylation is 1. The summed E-state index contributed by atoms with van der Waals surface area (Å²) >= 11 is 7.68. The Hall–Kier alpha value is -2.18. The lowest BCUT2D eigenvalue weighted by molar-refractivity contribution is 0.0719. The largest absolute Gasteiger partial charge is 0.419 e. The molecule has 0 saturated heterocycles. The third-order valence-electron chi connectivity index (χ3n) is 4.08. The molecule has 2 heterocycles. The summed E-state index contributed by atoms with van der Waals surface area (Å²) in [5.41, 5.74) is 0.695. The monoisotopic (exact) mass is 373 g/mol. The Bertz CT molecular complexity index is 916. The van der Waals surface area contributed by atoms with Gasteiger partial charge in [0.25, 0.3) is 5.91 Å². The van der Waals surface area contributed by atoms with Gasteiger partial charge in [-0.05, 0) is 44.0 Å². The molecular formula is C18H16ClN3O2S. The van der Waals surface area contributed by atoms with Crippen molar-refractivity contribution in [2.75, 3.05) is 0 Å². The maximum absolute atomic E-state index is 12.8. The molecule has 0 unspecified atom stereocenters. The number of amides is 1. The van der Waals surface area contributed by atoms with Crippen molar-refractivity contribution in [2.24, 2.45) is 0 Å². The van der Waals surface area contributed by atoms with Crippen LogP contribution in [-0.4, -0.2) is 27.0 Å². The zero-order valence-electron chi connectivity index (χ0n) is 13.6. The molecule has 1 saturated carbocycles. The van der Waals surface area contributed by atoms with Crippen molar-refractivity contribution in [2.45, 2.75) is 32.4 Å². The number of nitrogens with zero attached hydrogens (tertiary/aromatic N) is 3. The molecule has 1 aromatic carbocycles. The molecule has 0 bridgehead atoms. The third kappa shape index (κ3) is 3.45. The molecule has 0 spiro atoms. The average molecular weight is 374 g/mol. The van der Waals surface area contributed by atoms with Crippen LogP contribution in [0.2, 0.25) is 5.02 Å². The lowest BCUT2D eigenvalue weighted by Gasteiger charge is -2.19. The molecule has 0 atom stereocenters. The van der Waals surface area contributed by atoms with Crippen molar-refractivity contribution in [3.63, 3.8) is 0 Å².